The molecule has 1 heterocycles. The minimum Gasteiger partial charge on any atom is -0.465 e. The molecule has 0 unspecified atom stereocenters. The number of pyridine rings is 1. The summed E-state index contributed by atoms with van der Waals surface area (Å²) in [5, 5.41) is 2.69. The second-order valence-corrected chi connectivity index (χ2v) is 6.81. The lowest BCUT2D eigenvalue weighted by Gasteiger charge is -2.11. The first-order chi connectivity index (χ1) is 13.9. The van der Waals surface area contributed by atoms with E-state index in [0.29, 0.717) is 17.8 Å². The number of ether oxygens (including phenoxy) is 1. The zero-order valence-electron chi connectivity index (χ0n) is 16.6. The van der Waals surface area contributed by atoms with Crippen LogP contribution in [0.5, 0.6) is 0 Å². The first-order valence-electron chi connectivity index (χ1n) is 9.14. The van der Waals surface area contributed by atoms with E-state index in [1.807, 2.05) is 32.0 Å². The van der Waals surface area contributed by atoms with Gasteiger partial charge in [-0.2, -0.15) is 0 Å². The lowest BCUT2D eigenvalue weighted by atomic mass is 10.1. The number of hydrogen-bond donors (Lipinski definition) is 1. The van der Waals surface area contributed by atoms with Crippen molar-refractivity contribution in [1.29, 1.82) is 0 Å². The van der Waals surface area contributed by atoms with Crippen LogP contribution in [0.4, 0.5) is 5.69 Å². The average Bonchev–Trinajstić information content (AvgIpc) is 2.72. The molecule has 0 saturated heterocycles. The molecule has 0 aliphatic heterocycles. The number of aromatic nitrogens is 1. The zero-order chi connectivity index (χ0) is 21.0. The zero-order valence-corrected chi connectivity index (χ0v) is 16.6. The van der Waals surface area contributed by atoms with Gasteiger partial charge in [0.05, 0.1) is 19.2 Å². The maximum absolute atomic E-state index is 12.8. The van der Waals surface area contributed by atoms with Gasteiger partial charge in [-0.1, -0.05) is 23.8 Å². The minimum atomic E-state index is -0.504. The quantitative estimate of drug-likeness (QED) is 0.676. The fraction of sp³-hybridized carbons (Fsp3) is 0.174. The number of benzene rings is 2. The first-order valence-corrected chi connectivity index (χ1v) is 9.14. The Hall–Kier alpha value is -3.67. The Morgan fingerprint density at radius 3 is 2.45 bits per heavy atom. The molecule has 148 valence electrons. The summed E-state index contributed by atoms with van der Waals surface area (Å²) in [5.41, 5.74) is 3.77. The molecule has 6 nitrogen and oxygen atoms in total. The topological polar surface area (TPSA) is 77.4 Å². The Kier molecular flexibility index (Phi) is 5.93. The number of nitrogens with zero attached hydrogens (tertiary/aromatic N) is 1. The molecule has 1 aromatic heterocycles. The summed E-state index contributed by atoms with van der Waals surface area (Å²) in [5.74, 6) is -0.962. The third-order valence-electron chi connectivity index (χ3n) is 4.67. The van der Waals surface area contributed by atoms with Gasteiger partial charge in [0.1, 0.15) is 5.56 Å². The van der Waals surface area contributed by atoms with Crippen molar-refractivity contribution in [2.24, 2.45) is 0 Å². The van der Waals surface area contributed by atoms with Crippen LogP contribution in [0.25, 0.3) is 0 Å². The van der Waals surface area contributed by atoms with Gasteiger partial charge in [-0.15, -0.1) is 0 Å². The number of methoxy groups -OCH3 is 1. The lowest BCUT2D eigenvalue weighted by Crippen LogP contribution is -2.29. The van der Waals surface area contributed by atoms with Gasteiger partial charge in [0.15, 0.2) is 0 Å². The number of anilines is 1. The Bertz CT molecular complexity index is 1110. The maximum atomic E-state index is 12.8. The number of esters is 1. The van der Waals surface area contributed by atoms with Gasteiger partial charge in [0, 0.05) is 11.9 Å². The standard InChI is InChI=1S/C23H22N2O4/c1-15-6-7-16(2)18(13-15)14-25-12-4-5-20(22(25)27)21(26)24-19-10-8-17(9-11-19)23(28)29-3/h4-13H,14H2,1-3H3,(H,24,26). The smallest absolute Gasteiger partial charge is 0.337 e. The highest BCUT2D eigenvalue weighted by atomic mass is 16.5. The van der Waals surface area contributed by atoms with E-state index in [0.717, 1.165) is 16.7 Å². The van der Waals surface area contributed by atoms with Crippen molar-refractivity contribution in [3.05, 3.63) is 99.0 Å². The fourth-order valence-electron chi connectivity index (χ4n) is 2.99. The van der Waals surface area contributed by atoms with Crippen molar-refractivity contribution in [2.75, 3.05) is 12.4 Å². The summed E-state index contributed by atoms with van der Waals surface area (Å²) < 4.78 is 6.17. The van der Waals surface area contributed by atoms with Gasteiger partial charge >= 0.3 is 5.97 Å². The minimum absolute atomic E-state index is 0.0508. The van der Waals surface area contributed by atoms with Gasteiger partial charge in [0.2, 0.25) is 0 Å². The molecule has 0 aliphatic rings. The number of carbonyl (C=O) groups is 2. The number of nitrogens with one attached hydrogen (secondary N) is 1. The largest absolute Gasteiger partial charge is 0.465 e. The molecule has 0 aliphatic carbocycles. The highest BCUT2D eigenvalue weighted by molar-refractivity contribution is 6.04. The van der Waals surface area contributed by atoms with E-state index < -0.39 is 11.9 Å². The number of amides is 1. The molecule has 29 heavy (non-hydrogen) atoms. The average molecular weight is 390 g/mol. The van der Waals surface area contributed by atoms with E-state index in [1.54, 1.807) is 36.5 Å². The molecule has 6 heteroatoms. The highest BCUT2D eigenvalue weighted by Crippen LogP contribution is 2.13. The molecule has 0 atom stereocenters. The van der Waals surface area contributed by atoms with Gasteiger partial charge in [-0.25, -0.2) is 4.79 Å². The number of rotatable bonds is 5. The van der Waals surface area contributed by atoms with E-state index in [-0.39, 0.29) is 11.1 Å². The number of hydrogen-bond acceptors (Lipinski definition) is 4. The summed E-state index contributed by atoms with van der Waals surface area (Å²) in [6.07, 6.45) is 1.67. The number of carbonyl (C=O) groups excluding carboxylic acids is 2. The van der Waals surface area contributed by atoms with Crippen molar-refractivity contribution in [2.45, 2.75) is 20.4 Å². The Morgan fingerprint density at radius 2 is 1.76 bits per heavy atom. The van der Waals surface area contributed by atoms with Crippen molar-refractivity contribution in [1.82, 2.24) is 4.57 Å². The molecule has 0 saturated carbocycles. The van der Waals surface area contributed by atoms with Crippen LogP contribution >= 0.6 is 0 Å². The van der Waals surface area contributed by atoms with Gasteiger partial charge in [-0.05, 0) is 61.4 Å². The molecule has 0 spiro atoms. The fourth-order valence-corrected chi connectivity index (χ4v) is 2.99. The van der Waals surface area contributed by atoms with E-state index in [2.05, 4.69) is 10.1 Å². The summed E-state index contributed by atoms with van der Waals surface area (Å²) >= 11 is 0. The van der Waals surface area contributed by atoms with Crippen LogP contribution in [0.1, 0.15) is 37.4 Å². The lowest BCUT2D eigenvalue weighted by molar-refractivity contribution is 0.0600. The molecule has 0 bridgehead atoms. The van der Waals surface area contributed by atoms with Crippen LogP contribution in [-0.2, 0) is 11.3 Å². The summed E-state index contributed by atoms with van der Waals surface area (Å²) in [7, 11) is 1.30. The van der Waals surface area contributed by atoms with Crippen LogP contribution < -0.4 is 10.9 Å². The maximum Gasteiger partial charge on any atom is 0.337 e. The van der Waals surface area contributed by atoms with E-state index >= 15 is 0 Å². The molecule has 1 N–H and O–H groups in total. The Morgan fingerprint density at radius 1 is 1.03 bits per heavy atom. The van der Waals surface area contributed by atoms with Gasteiger partial charge < -0.3 is 14.6 Å². The third-order valence-corrected chi connectivity index (χ3v) is 4.67. The third kappa shape index (κ3) is 4.60. The predicted molar refractivity (Wildman–Crippen MR) is 111 cm³/mol. The van der Waals surface area contributed by atoms with Gasteiger partial charge in [0.25, 0.3) is 11.5 Å². The van der Waals surface area contributed by atoms with Crippen molar-refractivity contribution in [3.8, 4) is 0 Å². The van der Waals surface area contributed by atoms with Gasteiger partial charge in [-0.3, -0.25) is 9.59 Å². The van der Waals surface area contributed by atoms with Crippen LogP contribution in [-0.4, -0.2) is 23.6 Å². The van der Waals surface area contributed by atoms with Crippen molar-refractivity contribution < 1.29 is 14.3 Å². The molecule has 3 aromatic rings. The normalized spacial score (nSPS) is 10.4. The van der Waals surface area contributed by atoms with Crippen LogP contribution in [0.3, 0.4) is 0 Å². The molecule has 3 rings (SSSR count). The highest BCUT2D eigenvalue weighted by Gasteiger charge is 2.14. The van der Waals surface area contributed by atoms with Crippen molar-refractivity contribution in [3.63, 3.8) is 0 Å². The van der Waals surface area contributed by atoms with Crippen molar-refractivity contribution >= 4 is 17.6 Å². The summed E-state index contributed by atoms with van der Waals surface area (Å²) in [6, 6.07) is 15.5. The Balaban J connectivity index is 1.81. The van der Waals surface area contributed by atoms with E-state index in [1.165, 1.54) is 17.7 Å². The summed E-state index contributed by atoms with van der Waals surface area (Å²) in [6.45, 7) is 4.39. The molecule has 1 amide bonds. The molecule has 0 radical (unpaired) electrons. The summed E-state index contributed by atoms with van der Waals surface area (Å²) in [4.78, 5) is 36.9. The monoisotopic (exact) mass is 390 g/mol. The second-order valence-electron chi connectivity index (χ2n) is 6.81. The first kappa shape index (κ1) is 20.1. The molecular formula is C23H22N2O4. The molecule has 2 aromatic carbocycles. The molecule has 0 fully saturated rings. The van der Waals surface area contributed by atoms with E-state index in [4.69, 9.17) is 0 Å². The second kappa shape index (κ2) is 8.56. The van der Waals surface area contributed by atoms with Crippen LogP contribution in [0.2, 0.25) is 0 Å². The molecular weight excluding hydrogens is 368 g/mol. The van der Waals surface area contributed by atoms with Crippen LogP contribution in [0.15, 0.2) is 65.6 Å². The number of aryl methyl sites for hydroxylation is 2. The Labute approximate surface area is 168 Å². The predicted octanol–water partition coefficient (Wildman–Crippen LogP) is 3.55. The van der Waals surface area contributed by atoms with E-state index in [9.17, 15) is 14.4 Å². The SMILES string of the molecule is COC(=O)c1ccc(NC(=O)c2cccn(Cc3cc(C)ccc3C)c2=O)cc1. The van der Waals surface area contributed by atoms with Crippen LogP contribution in [0, 0.1) is 13.8 Å².